The van der Waals surface area contributed by atoms with E-state index in [-0.39, 0.29) is 0 Å². The fourth-order valence-corrected chi connectivity index (χ4v) is 4.41. The fourth-order valence-electron chi connectivity index (χ4n) is 4.41. The molecule has 0 saturated heterocycles. The van der Waals surface area contributed by atoms with Crippen LogP contribution in [0, 0.1) is 0 Å². The predicted molar refractivity (Wildman–Crippen MR) is 125 cm³/mol. The standard InChI is InChI=1S/C29H20O/c1-2-7-20(8-3-1)21-13-15-22(16-14-21)26-11-6-10-23-17-25(18-27(23)26)29-19-24-9-4-5-12-28(24)30-29/h1-17,19H,18H2. The Morgan fingerprint density at radius 2 is 1.33 bits per heavy atom. The van der Waals surface area contributed by atoms with Crippen LogP contribution in [0.15, 0.2) is 108 Å². The Kier molecular flexibility index (Phi) is 3.92. The molecule has 0 saturated carbocycles. The number of allylic oxidation sites excluding steroid dienone is 1. The maximum absolute atomic E-state index is 6.13. The molecule has 142 valence electrons. The molecule has 1 heterocycles. The van der Waals surface area contributed by atoms with Crippen molar-refractivity contribution in [2.75, 3.05) is 0 Å². The summed E-state index contributed by atoms with van der Waals surface area (Å²) in [6.45, 7) is 0. The van der Waals surface area contributed by atoms with Gasteiger partial charge in [0, 0.05) is 11.8 Å². The van der Waals surface area contributed by atoms with Crippen molar-refractivity contribution < 1.29 is 4.42 Å². The molecular weight excluding hydrogens is 364 g/mol. The summed E-state index contributed by atoms with van der Waals surface area (Å²) in [6, 6.07) is 36.4. The van der Waals surface area contributed by atoms with Gasteiger partial charge in [-0.2, -0.15) is 0 Å². The summed E-state index contributed by atoms with van der Waals surface area (Å²) in [5, 5.41) is 1.15. The lowest BCUT2D eigenvalue weighted by Crippen LogP contribution is -1.90. The Hall–Kier alpha value is -3.84. The van der Waals surface area contributed by atoms with E-state index in [1.165, 1.54) is 39.0 Å². The molecule has 0 spiro atoms. The van der Waals surface area contributed by atoms with Gasteiger partial charge >= 0.3 is 0 Å². The van der Waals surface area contributed by atoms with Crippen LogP contribution in [-0.4, -0.2) is 0 Å². The van der Waals surface area contributed by atoms with E-state index in [1.54, 1.807) is 0 Å². The minimum Gasteiger partial charge on any atom is -0.456 e. The molecule has 1 heteroatoms. The van der Waals surface area contributed by atoms with Gasteiger partial charge in [-0.05, 0) is 57.2 Å². The van der Waals surface area contributed by atoms with Crippen molar-refractivity contribution >= 4 is 22.6 Å². The zero-order valence-electron chi connectivity index (χ0n) is 16.5. The van der Waals surface area contributed by atoms with Crippen LogP contribution in [0.3, 0.4) is 0 Å². The van der Waals surface area contributed by atoms with Crippen LogP contribution in [-0.2, 0) is 6.42 Å². The van der Waals surface area contributed by atoms with E-state index in [2.05, 4.69) is 97.1 Å². The largest absolute Gasteiger partial charge is 0.456 e. The van der Waals surface area contributed by atoms with Crippen LogP contribution in [0.5, 0.6) is 0 Å². The first-order chi connectivity index (χ1) is 14.8. The molecule has 1 aromatic heterocycles. The van der Waals surface area contributed by atoms with Crippen molar-refractivity contribution in [3.63, 3.8) is 0 Å². The SMILES string of the molecule is C1=C(c2cc3ccccc3o2)Cc2c1cccc2-c1ccc(-c2ccccc2)cc1. The predicted octanol–water partition coefficient (Wildman–Crippen LogP) is 7.86. The molecule has 1 nitrogen and oxygen atoms in total. The molecular formula is C29H20O. The van der Waals surface area contributed by atoms with Gasteiger partial charge in [-0.15, -0.1) is 0 Å². The molecule has 0 radical (unpaired) electrons. The van der Waals surface area contributed by atoms with E-state index in [9.17, 15) is 0 Å². The van der Waals surface area contributed by atoms with Crippen LogP contribution in [0.25, 0.3) is 44.9 Å². The lowest BCUT2D eigenvalue weighted by atomic mass is 9.94. The van der Waals surface area contributed by atoms with Crippen molar-refractivity contribution in [1.82, 2.24) is 0 Å². The molecule has 0 atom stereocenters. The highest BCUT2D eigenvalue weighted by molar-refractivity contribution is 5.93. The van der Waals surface area contributed by atoms with Crippen LogP contribution in [0.4, 0.5) is 0 Å². The minimum absolute atomic E-state index is 0.895. The average molecular weight is 384 g/mol. The van der Waals surface area contributed by atoms with Gasteiger partial charge in [0.25, 0.3) is 0 Å². The monoisotopic (exact) mass is 384 g/mol. The van der Waals surface area contributed by atoms with Gasteiger partial charge in [0.2, 0.25) is 0 Å². The van der Waals surface area contributed by atoms with Crippen molar-refractivity contribution in [2.24, 2.45) is 0 Å². The molecule has 30 heavy (non-hydrogen) atoms. The van der Waals surface area contributed by atoms with Crippen LogP contribution in [0.2, 0.25) is 0 Å². The highest BCUT2D eigenvalue weighted by Crippen LogP contribution is 2.39. The number of furan rings is 1. The summed E-state index contributed by atoms with van der Waals surface area (Å²) in [4.78, 5) is 0. The Balaban J connectivity index is 1.34. The molecule has 0 aliphatic heterocycles. The van der Waals surface area contributed by atoms with Gasteiger partial charge in [-0.25, -0.2) is 0 Å². The molecule has 0 fully saturated rings. The molecule has 1 aliphatic carbocycles. The Morgan fingerprint density at radius 3 is 2.17 bits per heavy atom. The molecule has 4 aromatic carbocycles. The van der Waals surface area contributed by atoms with E-state index >= 15 is 0 Å². The van der Waals surface area contributed by atoms with Crippen LogP contribution in [0.1, 0.15) is 16.9 Å². The van der Waals surface area contributed by atoms with Gasteiger partial charge in [-0.1, -0.05) is 91.0 Å². The van der Waals surface area contributed by atoms with Crippen LogP contribution >= 0.6 is 0 Å². The summed E-state index contributed by atoms with van der Waals surface area (Å²) < 4.78 is 6.13. The van der Waals surface area contributed by atoms with Crippen LogP contribution < -0.4 is 0 Å². The summed E-state index contributed by atoms with van der Waals surface area (Å²) in [6.07, 6.45) is 3.17. The first kappa shape index (κ1) is 17.1. The van der Waals surface area contributed by atoms with E-state index in [1.807, 2.05) is 12.1 Å². The number of hydrogen-bond acceptors (Lipinski definition) is 1. The van der Waals surface area contributed by atoms with Crippen molar-refractivity contribution in [3.05, 3.63) is 120 Å². The average Bonchev–Trinajstić information content (AvgIpc) is 3.44. The number of benzene rings is 4. The molecule has 0 N–H and O–H groups in total. The summed E-state index contributed by atoms with van der Waals surface area (Å²) >= 11 is 0. The van der Waals surface area contributed by atoms with E-state index < -0.39 is 0 Å². The van der Waals surface area contributed by atoms with Crippen molar-refractivity contribution in [1.29, 1.82) is 0 Å². The second-order valence-corrected chi connectivity index (χ2v) is 7.81. The Bertz CT molecular complexity index is 1350. The number of para-hydroxylation sites is 1. The van der Waals surface area contributed by atoms with Gasteiger partial charge in [0.1, 0.15) is 11.3 Å². The highest BCUT2D eigenvalue weighted by Gasteiger charge is 2.20. The Labute approximate surface area is 175 Å². The first-order valence-electron chi connectivity index (χ1n) is 10.3. The van der Waals surface area contributed by atoms with E-state index in [4.69, 9.17) is 4.42 Å². The molecule has 5 aromatic rings. The smallest absolute Gasteiger partial charge is 0.134 e. The molecule has 0 amide bonds. The number of fused-ring (bicyclic) bond motifs is 2. The zero-order chi connectivity index (χ0) is 19.9. The Morgan fingerprint density at radius 1 is 0.600 bits per heavy atom. The summed E-state index contributed by atoms with van der Waals surface area (Å²) in [5.74, 6) is 0.970. The lowest BCUT2D eigenvalue weighted by molar-refractivity contribution is 0.598. The quantitative estimate of drug-likeness (QED) is 0.308. The summed E-state index contributed by atoms with van der Waals surface area (Å²) in [7, 11) is 0. The maximum Gasteiger partial charge on any atom is 0.134 e. The van der Waals surface area contributed by atoms with Crippen molar-refractivity contribution in [2.45, 2.75) is 6.42 Å². The van der Waals surface area contributed by atoms with E-state index in [0.29, 0.717) is 0 Å². The molecule has 1 aliphatic rings. The van der Waals surface area contributed by atoms with Gasteiger partial charge in [-0.3, -0.25) is 0 Å². The lowest BCUT2D eigenvalue weighted by Gasteiger charge is -2.10. The molecule has 0 unspecified atom stereocenters. The third kappa shape index (κ3) is 2.87. The third-order valence-electron chi connectivity index (χ3n) is 5.95. The third-order valence-corrected chi connectivity index (χ3v) is 5.95. The normalized spacial score (nSPS) is 12.7. The van der Waals surface area contributed by atoms with Gasteiger partial charge in [0.05, 0.1) is 0 Å². The fraction of sp³-hybridized carbons (Fsp3) is 0.0345. The van der Waals surface area contributed by atoms with Crippen molar-refractivity contribution in [3.8, 4) is 22.3 Å². The highest BCUT2D eigenvalue weighted by atomic mass is 16.3. The second-order valence-electron chi connectivity index (χ2n) is 7.81. The number of hydrogen-bond donors (Lipinski definition) is 0. The zero-order valence-corrected chi connectivity index (χ0v) is 16.5. The number of rotatable bonds is 3. The minimum atomic E-state index is 0.895. The molecule has 6 rings (SSSR count). The first-order valence-corrected chi connectivity index (χ1v) is 10.3. The molecule has 0 bridgehead atoms. The van der Waals surface area contributed by atoms with E-state index in [0.717, 1.165) is 23.2 Å². The maximum atomic E-state index is 6.13. The topological polar surface area (TPSA) is 13.1 Å². The summed E-state index contributed by atoms with van der Waals surface area (Å²) in [5.41, 5.74) is 9.90. The van der Waals surface area contributed by atoms with Gasteiger partial charge < -0.3 is 4.42 Å². The van der Waals surface area contributed by atoms with Gasteiger partial charge in [0.15, 0.2) is 0 Å². The second kappa shape index (κ2) is 6.89.